The van der Waals surface area contributed by atoms with E-state index in [4.69, 9.17) is 0 Å². The number of halogens is 2. The zero-order chi connectivity index (χ0) is 16.4. The van der Waals surface area contributed by atoms with Gasteiger partial charge in [-0.3, -0.25) is 4.79 Å². The molecule has 0 bridgehead atoms. The highest BCUT2D eigenvalue weighted by Gasteiger charge is 2.32. The van der Waals surface area contributed by atoms with E-state index in [-0.39, 0.29) is 22.4 Å². The Morgan fingerprint density at radius 2 is 2.09 bits per heavy atom. The number of hydrogen-bond acceptors (Lipinski definition) is 4. The lowest BCUT2D eigenvalue weighted by atomic mass is 10.1. The normalized spacial score (nSPS) is 19.7. The molecular weight excluding hydrogens is 322 g/mol. The third kappa shape index (κ3) is 3.35. The molecule has 2 aromatic rings. The Morgan fingerprint density at radius 1 is 1.30 bits per heavy atom. The third-order valence-corrected chi connectivity index (χ3v) is 4.43. The van der Waals surface area contributed by atoms with Gasteiger partial charge in [0.05, 0.1) is 17.7 Å². The average molecular weight is 336 g/mol. The summed E-state index contributed by atoms with van der Waals surface area (Å²) >= 11 is 0.230. The molecule has 0 saturated carbocycles. The average Bonchev–Trinajstić information content (AvgIpc) is 2.83. The zero-order valence-corrected chi connectivity index (χ0v) is 12.8. The van der Waals surface area contributed by atoms with Gasteiger partial charge in [-0.05, 0) is 35.0 Å². The van der Waals surface area contributed by atoms with E-state index in [1.54, 1.807) is 0 Å². The lowest BCUT2D eigenvalue weighted by Crippen LogP contribution is -2.34. The van der Waals surface area contributed by atoms with Gasteiger partial charge in [0.2, 0.25) is 0 Å². The summed E-state index contributed by atoms with van der Waals surface area (Å²) in [6.45, 7) is 0. The molecule has 1 amide bonds. The van der Waals surface area contributed by atoms with Gasteiger partial charge in [-0.25, -0.2) is 4.98 Å². The number of rotatable bonds is 4. The number of fused-ring (bicyclic) bond motifs is 1. The number of carbonyl (C=O) groups excluding carboxylic acids is 1. The monoisotopic (exact) mass is 336 g/mol. The van der Waals surface area contributed by atoms with Crippen LogP contribution >= 0.6 is 11.8 Å². The third-order valence-electron chi connectivity index (χ3n) is 3.71. The first-order chi connectivity index (χ1) is 11.1. The van der Waals surface area contributed by atoms with Gasteiger partial charge in [0.15, 0.2) is 0 Å². The van der Waals surface area contributed by atoms with Gasteiger partial charge < -0.3 is 10.4 Å². The smallest absolute Gasteiger partial charge is 0.290 e. The summed E-state index contributed by atoms with van der Waals surface area (Å²) in [5, 5.41) is 12.9. The molecule has 1 aliphatic carbocycles. The van der Waals surface area contributed by atoms with Crippen molar-refractivity contribution in [2.24, 2.45) is 0 Å². The number of amides is 1. The minimum Gasteiger partial charge on any atom is -0.390 e. The summed E-state index contributed by atoms with van der Waals surface area (Å²) in [6.07, 6.45) is 1.08. The highest BCUT2D eigenvalue weighted by atomic mass is 32.2. The van der Waals surface area contributed by atoms with Crippen molar-refractivity contribution < 1.29 is 18.7 Å². The molecule has 1 aliphatic rings. The van der Waals surface area contributed by atoms with Crippen LogP contribution in [0.1, 0.15) is 27.5 Å². The molecule has 0 saturated heterocycles. The number of thioether (sulfide) groups is 1. The summed E-state index contributed by atoms with van der Waals surface area (Å²) in [5.74, 6) is -3.18. The van der Waals surface area contributed by atoms with Crippen molar-refractivity contribution in [1.82, 2.24) is 10.3 Å². The van der Waals surface area contributed by atoms with Crippen LogP contribution in [0.25, 0.3) is 0 Å². The van der Waals surface area contributed by atoms with E-state index in [9.17, 15) is 18.7 Å². The molecule has 0 aliphatic heterocycles. The van der Waals surface area contributed by atoms with Crippen molar-refractivity contribution in [3.8, 4) is 0 Å². The number of hydrogen-bond donors (Lipinski definition) is 2. The van der Waals surface area contributed by atoms with E-state index >= 15 is 0 Å². The van der Waals surface area contributed by atoms with Crippen LogP contribution < -0.4 is 5.32 Å². The molecule has 0 unspecified atom stereocenters. The molecule has 7 heteroatoms. The minimum atomic E-state index is -2.66. The largest absolute Gasteiger partial charge is 0.390 e. The standard InChI is InChI=1S/C16H14F2N2O2S/c17-16(18)23-15-11(6-3-7-19-15)14(22)20-13-10-5-2-1-4-9(10)8-12(13)21/h1-7,12-13,16,21H,8H2,(H,20,22)/t12-,13+/m1/s1. The quantitative estimate of drug-likeness (QED) is 0.843. The van der Waals surface area contributed by atoms with Crippen molar-refractivity contribution >= 4 is 17.7 Å². The van der Waals surface area contributed by atoms with Crippen molar-refractivity contribution in [3.63, 3.8) is 0 Å². The number of nitrogens with zero attached hydrogens (tertiary/aromatic N) is 1. The Morgan fingerprint density at radius 3 is 2.87 bits per heavy atom. The number of aromatic nitrogens is 1. The number of aliphatic hydroxyl groups is 1. The van der Waals surface area contributed by atoms with Crippen LogP contribution in [0.3, 0.4) is 0 Å². The lowest BCUT2D eigenvalue weighted by Gasteiger charge is -2.18. The van der Waals surface area contributed by atoms with Crippen LogP contribution in [0.15, 0.2) is 47.6 Å². The summed E-state index contributed by atoms with van der Waals surface area (Å²) in [6, 6.07) is 9.85. The molecule has 120 valence electrons. The first kappa shape index (κ1) is 15.9. The molecule has 3 rings (SSSR count). The Hall–Kier alpha value is -1.99. The molecule has 1 heterocycles. The number of benzene rings is 1. The topological polar surface area (TPSA) is 62.2 Å². The van der Waals surface area contributed by atoms with Crippen LogP contribution in [-0.2, 0) is 6.42 Å². The van der Waals surface area contributed by atoms with E-state index in [0.717, 1.165) is 11.1 Å². The van der Waals surface area contributed by atoms with Crippen LogP contribution in [0.2, 0.25) is 0 Å². The van der Waals surface area contributed by atoms with Gasteiger partial charge in [0.1, 0.15) is 5.03 Å². The van der Waals surface area contributed by atoms with Gasteiger partial charge in [-0.15, -0.1) is 0 Å². The second-order valence-electron chi connectivity index (χ2n) is 5.16. The van der Waals surface area contributed by atoms with Gasteiger partial charge in [0, 0.05) is 12.6 Å². The van der Waals surface area contributed by atoms with Crippen molar-refractivity contribution in [2.75, 3.05) is 0 Å². The molecule has 4 nitrogen and oxygen atoms in total. The van der Waals surface area contributed by atoms with E-state index in [1.165, 1.54) is 18.3 Å². The minimum absolute atomic E-state index is 0.0271. The molecule has 1 aromatic carbocycles. The molecule has 0 spiro atoms. The fourth-order valence-electron chi connectivity index (χ4n) is 2.71. The Bertz CT molecular complexity index is 727. The number of aliphatic hydroxyl groups excluding tert-OH is 1. The Labute approximate surface area is 135 Å². The van der Waals surface area contributed by atoms with E-state index in [2.05, 4.69) is 10.3 Å². The molecule has 1 aromatic heterocycles. The van der Waals surface area contributed by atoms with Crippen molar-refractivity contribution in [2.45, 2.75) is 29.4 Å². The van der Waals surface area contributed by atoms with Crippen molar-refractivity contribution in [1.29, 1.82) is 0 Å². The summed E-state index contributed by atoms with van der Waals surface area (Å²) < 4.78 is 25.2. The summed E-state index contributed by atoms with van der Waals surface area (Å²) in [4.78, 5) is 16.3. The van der Waals surface area contributed by atoms with Gasteiger partial charge in [-0.2, -0.15) is 8.78 Å². The van der Waals surface area contributed by atoms with E-state index in [0.29, 0.717) is 6.42 Å². The molecular formula is C16H14F2N2O2S. The number of nitrogens with one attached hydrogen (secondary N) is 1. The van der Waals surface area contributed by atoms with Crippen molar-refractivity contribution in [3.05, 3.63) is 59.3 Å². The molecule has 23 heavy (non-hydrogen) atoms. The highest BCUT2D eigenvalue weighted by molar-refractivity contribution is 7.99. The second kappa shape index (κ2) is 6.64. The Kier molecular flexibility index (Phi) is 4.58. The highest BCUT2D eigenvalue weighted by Crippen LogP contribution is 2.32. The van der Waals surface area contributed by atoms with Crippen LogP contribution in [0.4, 0.5) is 8.78 Å². The lowest BCUT2D eigenvalue weighted by molar-refractivity contribution is 0.0854. The maximum atomic E-state index is 12.6. The first-order valence-electron chi connectivity index (χ1n) is 7.03. The second-order valence-corrected chi connectivity index (χ2v) is 6.13. The predicted molar refractivity (Wildman–Crippen MR) is 82.5 cm³/mol. The molecule has 2 atom stereocenters. The van der Waals surface area contributed by atoms with E-state index in [1.807, 2.05) is 24.3 Å². The van der Waals surface area contributed by atoms with Gasteiger partial charge in [-0.1, -0.05) is 24.3 Å². The zero-order valence-electron chi connectivity index (χ0n) is 11.9. The number of pyridine rings is 1. The molecule has 0 radical (unpaired) electrons. The first-order valence-corrected chi connectivity index (χ1v) is 7.91. The fourth-order valence-corrected chi connectivity index (χ4v) is 3.29. The van der Waals surface area contributed by atoms with Gasteiger partial charge >= 0.3 is 0 Å². The Balaban J connectivity index is 1.83. The van der Waals surface area contributed by atoms with Crippen LogP contribution in [-0.4, -0.2) is 27.9 Å². The van der Waals surface area contributed by atoms with Gasteiger partial charge in [0.25, 0.3) is 11.7 Å². The number of alkyl halides is 2. The molecule has 0 fully saturated rings. The van der Waals surface area contributed by atoms with Crippen LogP contribution in [0.5, 0.6) is 0 Å². The molecule has 2 N–H and O–H groups in total. The van der Waals surface area contributed by atoms with Crippen LogP contribution in [0, 0.1) is 0 Å². The summed E-state index contributed by atoms with van der Waals surface area (Å²) in [7, 11) is 0. The van der Waals surface area contributed by atoms with E-state index < -0.39 is 23.8 Å². The maximum absolute atomic E-state index is 12.6. The maximum Gasteiger partial charge on any atom is 0.290 e. The fraction of sp³-hybridized carbons (Fsp3) is 0.250. The SMILES string of the molecule is O=C(N[C@H]1c2ccccc2C[C@H]1O)c1cccnc1SC(F)F. The predicted octanol–water partition coefficient (Wildman–Crippen LogP) is 2.78. The summed E-state index contributed by atoms with van der Waals surface area (Å²) in [5.41, 5.74) is 1.90. The number of carbonyl (C=O) groups is 1.